The van der Waals surface area contributed by atoms with E-state index in [4.69, 9.17) is 4.74 Å². The topological polar surface area (TPSA) is 9.23 Å². The van der Waals surface area contributed by atoms with Crippen LogP contribution in [0.15, 0.2) is 12.2 Å². The lowest BCUT2D eigenvalue weighted by Crippen LogP contribution is -2.20. The van der Waals surface area contributed by atoms with Crippen molar-refractivity contribution in [3.63, 3.8) is 0 Å². The lowest BCUT2D eigenvalue weighted by Gasteiger charge is -2.20. The zero-order valence-electron chi connectivity index (χ0n) is 9.76. The van der Waals surface area contributed by atoms with Crippen LogP contribution < -0.4 is 0 Å². The molecule has 13 heavy (non-hydrogen) atoms. The van der Waals surface area contributed by atoms with Crippen molar-refractivity contribution in [2.24, 2.45) is 5.92 Å². The van der Waals surface area contributed by atoms with Crippen molar-refractivity contribution in [2.45, 2.75) is 53.1 Å². The minimum absolute atomic E-state index is 0.0142. The summed E-state index contributed by atoms with van der Waals surface area (Å²) in [5.41, 5.74) is 0.0142. The van der Waals surface area contributed by atoms with Crippen molar-refractivity contribution in [3.8, 4) is 0 Å². The molecule has 0 radical (unpaired) electrons. The van der Waals surface area contributed by atoms with E-state index in [1.807, 2.05) is 0 Å². The van der Waals surface area contributed by atoms with Gasteiger partial charge in [0.15, 0.2) is 0 Å². The first kappa shape index (κ1) is 12.7. The molecule has 1 nitrogen and oxygen atoms in total. The van der Waals surface area contributed by atoms with E-state index >= 15 is 0 Å². The molecule has 0 N–H and O–H groups in total. The van der Waals surface area contributed by atoms with E-state index in [1.165, 1.54) is 6.42 Å². The van der Waals surface area contributed by atoms with Gasteiger partial charge in [-0.25, -0.2) is 0 Å². The minimum atomic E-state index is 0.0142. The number of ether oxygens (including phenoxy) is 1. The molecule has 0 rings (SSSR count). The summed E-state index contributed by atoms with van der Waals surface area (Å²) >= 11 is 0. The maximum absolute atomic E-state index is 5.66. The highest BCUT2D eigenvalue weighted by atomic mass is 16.5. The smallest absolute Gasteiger partial charge is 0.0598 e. The Labute approximate surface area is 83.2 Å². The molecule has 0 saturated heterocycles. The van der Waals surface area contributed by atoms with Gasteiger partial charge in [0, 0.05) is 6.61 Å². The summed E-state index contributed by atoms with van der Waals surface area (Å²) < 4.78 is 5.66. The molecule has 1 heteroatoms. The second kappa shape index (κ2) is 6.20. The Kier molecular flexibility index (Phi) is 6.06. The quantitative estimate of drug-likeness (QED) is 0.591. The summed E-state index contributed by atoms with van der Waals surface area (Å²) in [6.07, 6.45) is 6.66. The molecule has 0 spiro atoms. The van der Waals surface area contributed by atoms with Crippen LogP contribution in [-0.4, -0.2) is 12.2 Å². The Morgan fingerprint density at radius 3 is 2.38 bits per heavy atom. The van der Waals surface area contributed by atoms with Gasteiger partial charge >= 0.3 is 0 Å². The predicted octanol–water partition coefficient (Wildman–Crippen LogP) is 3.79. The molecule has 78 valence electrons. The van der Waals surface area contributed by atoms with E-state index in [0.29, 0.717) is 0 Å². The van der Waals surface area contributed by atoms with Gasteiger partial charge < -0.3 is 4.74 Å². The van der Waals surface area contributed by atoms with Crippen LogP contribution in [0.2, 0.25) is 0 Å². The second-order valence-electron chi connectivity index (χ2n) is 4.66. The summed E-state index contributed by atoms with van der Waals surface area (Å²) in [4.78, 5) is 0. The van der Waals surface area contributed by atoms with Crippen molar-refractivity contribution in [1.82, 2.24) is 0 Å². The van der Waals surface area contributed by atoms with Gasteiger partial charge in [0.2, 0.25) is 0 Å². The van der Waals surface area contributed by atoms with Gasteiger partial charge in [0.05, 0.1) is 5.60 Å². The van der Waals surface area contributed by atoms with E-state index in [2.05, 4.69) is 46.8 Å². The number of hydrogen-bond donors (Lipinski definition) is 0. The van der Waals surface area contributed by atoms with Crippen LogP contribution in [0.25, 0.3) is 0 Å². The van der Waals surface area contributed by atoms with Gasteiger partial charge in [0.1, 0.15) is 0 Å². The van der Waals surface area contributed by atoms with E-state index < -0.39 is 0 Å². The number of hydrogen-bond acceptors (Lipinski definition) is 1. The van der Waals surface area contributed by atoms with Crippen LogP contribution in [0.5, 0.6) is 0 Å². The van der Waals surface area contributed by atoms with Gasteiger partial charge in [-0.2, -0.15) is 0 Å². The summed E-state index contributed by atoms with van der Waals surface area (Å²) in [7, 11) is 0. The monoisotopic (exact) mass is 184 g/mol. The highest BCUT2D eigenvalue weighted by Gasteiger charge is 2.10. The minimum Gasteiger partial charge on any atom is -0.376 e. The highest BCUT2D eigenvalue weighted by Crippen LogP contribution is 2.12. The molecular formula is C12H24O. The highest BCUT2D eigenvalue weighted by molar-refractivity contribution is 4.78. The Hall–Kier alpha value is -0.300. The number of rotatable bonds is 5. The SMILES string of the molecule is CC=CCC(C)CCOC(C)(C)C. The maximum Gasteiger partial charge on any atom is 0.0598 e. The van der Waals surface area contributed by atoms with Crippen LogP contribution in [0, 0.1) is 5.92 Å². The summed E-state index contributed by atoms with van der Waals surface area (Å²) in [6, 6.07) is 0. The predicted molar refractivity (Wildman–Crippen MR) is 58.9 cm³/mol. The van der Waals surface area contributed by atoms with E-state index in [-0.39, 0.29) is 5.60 Å². The largest absolute Gasteiger partial charge is 0.376 e. The summed E-state index contributed by atoms with van der Waals surface area (Å²) in [5, 5.41) is 0. The third kappa shape index (κ3) is 9.62. The maximum atomic E-state index is 5.66. The van der Waals surface area contributed by atoms with Crippen LogP contribution >= 0.6 is 0 Å². The molecule has 1 unspecified atom stereocenters. The van der Waals surface area contributed by atoms with E-state index in [0.717, 1.165) is 18.9 Å². The van der Waals surface area contributed by atoms with Gasteiger partial charge in [-0.15, -0.1) is 0 Å². The zero-order chi connectivity index (χ0) is 10.3. The van der Waals surface area contributed by atoms with Crippen LogP contribution in [-0.2, 0) is 4.74 Å². The molecule has 1 atom stereocenters. The fourth-order valence-corrected chi connectivity index (χ4v) is 1.05. The molecule has 0 fully saturated rings. The van der Waals surface area contributed by atoms with Gasteiger partial charge in [-0.1, -0.05) is 19.1 Å². The fraction of sp³-hybridized carbons (Fsp3) is 0.833. The fourth-order valence-electron chi connectivity index (χ4n) is 1.05. The zero-order valence-corrected chi connectivity index (χ0v) is 9.76. The molecule has 0 aromatic heterocycles. The van der Waals surface area contributed by atoms with Crippen LogP contribution in [0.4, 0.5) is 0 Å². The van der Waals surface area contributed by atoms with Crippen molar-refractivity contribution < 1.29 is 4.74 Å². The second-order valence-corrected chi connectivity index (χ2v) is 4.66. The molecule has 0 saturated carbocycles. The average molecular weight is 184 g/mol. The molecule has 0 bridgehead atoms. The van der Waals surface area contributed by atoms with E-state index in [9.17, 15) is 0 Å². The first-order valence-electron chi connectivity index (χ1n) is 5.21. The number of allylic oxidation sites excluding steroid dienone is 2. The van der Waals surface area contributed by atoms with Crippen molar-refractivity contribution >= 4 is 0 Å². The lowest BCUT2D eigenvalue weighted by molar-refractivity contribution is -0.00835. The van der Waals surface area contributed by atoms with Crippen LogP contribution in [0.3, 0.4) is 0 Å². The molecular weight excluding hydrogens is 160 g/mol. The first-order chi connectivity index (χ1) is 5.95. The Morgan fingerprint density at radius 2 is 1.92 bits per heavy atom. The normalized spacial score (nSPS) is 15.2. The van der Waals surface area contributed by atoms with E-state index in [1.54, 1.807) is 0 Å². The molecule has 0 aromatic rings. The van der Waals surface area contributed by atoms with Gasteiger partial charge in [0.25, 0.3) is 0 Å². The van der Waals surface area contributed by atoms with Crippen molar-refractivity contribution in [2.75, 3.05) is 6.61 Å². The van der Waals surface area contributed by atoms with Gasteiger partial charge in [-0.05, 0) is 46.5 Å². The molecule has 0 aliphatic carbocycles. The molecule has 0 amide bonds. The Morgan fingerprint density at radius 1 is 1.31 bits per heavy atom. The molecule has 0 heterocycles. The lowest BCUT2D eigenvalue weighted by atomic mass is 10.0. The standard InChI is InChI=1S/C12H24O/c1-6-7-8-11(2)9-10-13-12(3,4)5/h6-7,11H,8-10H2,1-5H3. The molecule has 0 aromatic carbocycles. The van der Waals surface area contributed by atoms with Crippen molar-refractivity contribution in [3.05, 3.63) is 12.2 Å². The van der Waals surface area contributed by atoms with Crippen molar-refractivity contribution in [1.29, 1.82) is 0 Å². The first-order valence-corrected chi connectivity index (χ1v) is 5.21. The Bertz CT molecular complexity index is 142. The summed E-state index contributed by atoms with van der Waals surface area (Å²) in [6.45, 7) is 11.5. The van der Waals surface area contributed by atoms with Gasteiger partial charge in [-0.3, -0.25) is 0 Å². The summed E-state index contributed by atoms with van der Waals surface area (Å²) in [5.74, 6) is 0.735. The third-order valence-corrected chi connectivity index (χ3v) is 1.92. The van der Waals surface area contributed by atoms with Crippen LogP contribution in [0.1, 0.15) is 47.5 Å². The Balaban J connectivity index is 3.42. The molecule has 0 aliphatic heterocycles. The third-order valence-electron chi connectivity index (χ3n) is 1.92. The molecule has 0 aliphatic rings. The average Bonchev–Trinajstić information content (AvgIpc) is 1.98.